The lowest BCUT2D eigenvalue weighted by Crippen LogP contribution is -2.67. The number of aromatic amines is 1. The van der Waals surface area contributed by atoms with Crippen LogP contribution in [0.3, 0.4) is 0 Å². The van der Waals surface area contributed by atoms with E-state index >= 15 is 0 Å². The van der Waals surface area contributed by atoms with Gasteiger partial charge in [0.05, 0.1) is 45.1 Å². The van der Waals surface area contributed by atoms with Crippen LogP contribution in [-0.4, -0.2) is 73.3 Å². The number of aromatic nitrogens is 2. The molecule has 0 atom stereocenters. The summed E-state index contributed by atoms with van der Waals surface area (Å²) in [6, 6.07) is 8.54. The molecule has 0 amide bonds. The molecule has 1 aromatic carbocycles. The smallest absolute Gasteiger partial charge is 0.371 e. The number of H-pyrrole nitrogens is 1. The first-order valence-corrected chi connectivity index (χ1v) is 11.6. The molecular weight excluding hydrogens is 374 g/mol. The molecule has 4 heterocycles. The van der Waals surface area contributed by atoms with Gasteiger partial charge in [-0.25, -0.2) is 9.55 Å². The summed E-state index contributed by atoms with van der Waals surface area (Å²) < 4.78 is 3.39. The Hall–Kier alpha value is -2.25. The number of hydrogen-bond donors (Lipinski definition) is 1. The minimum absolute atomic E-state index is 0.778. The van der Waals surface area contributed by atoms with Crippen LogP contribution in [0.5, 0.6) is 0 Å². The van der Waals surface area contributed by atoms with Gasteiger partial charge in [-0.3, -0.25) is 4.90 Å². The monoisotopic (exact) mass is 411 g/mol. The Kier molecular flexibility index (Phi) is 6.79. The predicted octanol–water partition coefficient (Wildman–Crippen LogP) is 3.49. The molecule has 3 aliphatic heterocycles. The van der Waals surface area contributed by atoms with Crippen LogP contribution < -0.4 is 9.47 Å². The van der Waals surface area contributed by atoms with Crippen molar-refractivity contribution in [2.45, 2.75) is 33.2 Å². The Bertz CT molecular complexity index is 805. The van der Waals surface area contributed by atoms with Crippen molar-refractivity contribution in [2.75, 3.05) is 63.8 Å². The molecule has 162 valence electrons. The third-order valence-corrected chi connectivity index (χ3v) is 6.78. The molecule has 3 saturated heterocycles. The lowest BCUT2D eigenvalue weighted by atomic mass is 10.1. The minimum Gasteiger partial charge on any atom is -0.371 e. The first-order valence-electron chi connectivity index (χ1n) is 11.6. The molecule has 0 spiro atoms. The van der Waals surface area contributed by atoms with E-state index in [1.54, 1.807) is 0 Å². The van der Waals surface area contributed by atoms with Crippen LogP contribution in [0.1, 0.15) is 26.7 Å². The fourth-order valence-electron chi connectivity index (χ4n) is 4.84. The number of azo groups is 1. The zero-order chi connectivity index (χ0) is 20.8. The lowest BCUT2D eigenvalue weighted by Gasteiger charge is -2.50. The molecule has 0 aliphatic carbocycles. The van der Waals surface area contributed by atoms with Crippen molar-refractivity contribution in [3.05, 3.63) is 36.7 Å². The third-order valence-electron chi connectivity index (χ3n) is 6.78. The number of aryl methyl sites for hydroxylation is 1. The fraction of sp³-hybridized carbons (Fsp3) is 0.609. The number of imidazole rings is 1. The summed E-state index contributed by atoms with van der Waals surface area (Å²) >= 11 is 0. The van der Waals surface area contributed by atoms with E-state index in [-0.39, 0.29) is 0 Å². The van der Waals surface area contributed by atoms with Crippen molar-refractivity contribution in [3.8, 4) is 0 Å². The second-order valence-corrected chi connectivity index (χ2v) is 8.70. The molecule has 0 unspecified atom stereocenters. The van der Waals surface area contributed by atoms with Gasteiger partial charge in [0.1, 0.15) is 5.69 Å². The van der Waals surface area contributed by atoms with Crippen molar-refractivity contribution in [1.29, 1.82) is 0 Å². The zero-order valence-corrected chi connectivity index (χ0v) is 18.6. The third kappa shape index (κ3) is 4.90. The van der Waals surface area contributed by atoms with Crippen molar-refractivity contribution in [1.82, 2.24) is 9.88 Å². The first kappa shape index (κ1) is 21.0. The van der Waals surface area contributed by atoms with Crippen LogP contribution >= 0.6 is 0 Å². The van der Waals surface area contributed by atoms with E-state index < -0.39 is 0 Å². The van der Waals surface area contributed by atoms with Gasteiger partial charge in [-0.15, -0.1) is 0 Å². The summed E-state index contributed by atoms with van der Waals surface area (Å²) in [4.78, 5) is 8.29. The largest absolute Gasteiger partial charge is 0.419 e. The van der Waals surface area contributed by atoms with Crippen LogP contribution in [0.15, 0.2) is 46.9 Å². The number of nitrogens with one attached hydrogen (secondary N) is 1. The topological polar surface area (TPSA) is 50.9 Å². The molecule has 2 bridgehead atoms. The average molecular weight is 412 g/mol. The molecule has 7 heteroatoms. The van der Waals surface area contributed by atoms with Gasteiger partial charge in [-0.1, -0.05) is 12.0 Å². The summed E-state index contributed by atoms with van der Waals surface area (Å²) in [6.07, 6.45) is 6.30. The number of anilines is 1. The Labute approximate surface area is 180 Å². The maximum absolute atomic E-state index is 4.40. The van der Waals surface area contributed by atoms with Gasteiger partial charge in [0.2, 0.25) is 0 Å². The van der Waals surface area contributed by atoms with E-state index in [4.69, 9.17) is 0 Å². The minimum atomic E-state index is 0.778. The standard InChI is InChI=1S/C23H36N7/c1-3-11-29(12-5-17-30-18-14-27(15-19-30)16-20-30)22-8-6-21(7-9-22)25-26-23-24-10-13-28(23)4-2/h6-10,13H,3-5,11-12,14-20H2,1-2H3/q+1/p+1. The number of fused-ring (bicyclic) bond motifs is 3. The van der Waals surface area contributed by atoms with Crippen molar-refractivity contribution in [3.63, 3.8) is 0 Å². The van der Waals surface area contributed by atoms with Gasteiger partial charge in [0.15, 0.2) is 0 Å². The first-order chi connectivity index (χ1) is 14.7. The quantitative estimate of drug-likeness (QED) is 0.370. The number of hydrogen-bond acceptors (Lipinski definition) is 4. The number of rotatable bonds is 10. The SMILES string of the molecule is CCCN(CCC[N+]12CCN(CC1)CC2)c1ccc(N=Nc2[nH]cc[n+]2CC)cc1. The second kappa shape index (κ2) is 9.71. The summed E-state index contributed by atoms with van der Waals surface area (Å²) in [5.41, 5.74) is 2.18. The van der Waals surface area contributed by atoms with Crippen LogP contribution in [0.4, 0.5) is 17.3 Å². The predicted molar refractivity (Wildman–Crippen MR) is 121 cm³/mol. The summed E-state index contributed by atoms with van der Waals surface area (Å²) in [5.74, 6) is 0.778. The zero-order valence-electron chi connectivity index (χ0n) is 18.6. The van der Waals surface area contributed by atoms with E-state index in [1.807, 2.05) is 17.0 Å². The Morgan fingerprint density at radius 1 is 1.03 bits per heavy atom. The van der Waals surface area contributed by atoms with Crippen molar-refractivity contribution >= 4 is 17.3 Å². The lowest BCUT2D eigenvalue weighted by molar-refractivity contribution is -0.941. The van der Waals surface area contributed by atoms with Gasteiger partial charge in [0, 0.05) is 49.9 Å². The molecule has 0 saturated carbocycles. The summed E-state index contributed by atoms with van der Waals surface area (Å²) in [5, 5.41) is 8.75. The molecule has 7 nitrogen and oxygen atoms in total. The number of quaternary nitrogens is 1. The maximum atomic E-state index is 4.40. The van der Waals surface area contributed by atoms with Crippen molar-refractivity contribution in [2.24, 2.45) is 10.2 Å². The highest BCUT2D eigenvalue weighted by Gasteiger charge is 2.37. The highest BCUT2D eigenvalue weighted by Crippen LogP contribution is 2.23. The van der Waals surface area contributed by atoms with Crippen LogP contribution in [-0.2, 0) is 6.54 Å². The van der Waals surface area contributed by atoms with E-state index in [0.717, 1.165) is 31.3 Å². The van der Waals surface area contributed by atoms with Crippen LogP contribution in [0.25, 0.3) is 0 Å². The Morgan fingerprint density at radius 2 is 1.77 bits per heavy atom. The van der Waals surface area contributed by atoms with Crippen molar-refractivity contribution < 1.29 is 9.05 Å². The molecule has 3 fully saturated rings. The van der Waals surface area contributed by atoms with Gasteiger partial charge in [-0.2, -0.15) is 0 Å². The molecule has 5 rings (SSSR count). The van der Waals surface area contributed by atoms with E-state index in [2.05, 4.69) is 63.1 Å². The van der Waals surface area contributed by atoms with E-state index in [0.29, 0.717) is 0 Å². The molecule has 2 aromatic rings. The molecule has 30 heavy (non-hydrogen) atoms. The van der Waals surface area contributed by atoms with Gasteiger partial charge in [0.25, 0.3) is 0 Å². The average Bonchev–Trinajstić information content (AvgIpc) is 3.26. The second-order valence-electron chi connectivity index (χ2n) is 8.70. The highest BCUT2D eigenvalue weighted by molar-refractivity contribution is 5.52. The van der Waals surface area contributed by atoms with Crippen LogP contribution in [0.2, 0.25) is 0 Å². The number of nitrogens with zero attached hydrogens (tertiary/aromatic N) is 6. The molecule has 0 radical (unpaired) electrons. The van der Waals surface area contributed by atoms with Crippen LogP contribution in [0, 0.1) is 0 Å². The summed E-state index contributed by atoms with van der Waals surface area (Å²) in [7, 11) is 0. The molecule has 1 aromatic heterocycles. The van der Waals surface area contributed by atoms with Gasteiger partial charge >= 0.3 is 5.95 Å². The molecule has 1 N–H and O–H groups in total. The molecule has 3 aliphatic rings. The maximum Gasteiger partial charge on any atom is 0.419 e. The van der Waals surface area contributed by atoms with Gasteiger partial charge in [-0.05, 0) is 37.6 Å². The Balaban J connectivity index is 1.34. The van der Waals surface area contributed by atoms with E-state index in [1.165, 1.54) is 68.8 Å². The number of benzene rings is 1. The van der Waals surface area contributed by atoms with Gasteiger partial charge < -0.3 is 9.38 Å². The molecular formula is C23H37N7+2. The fourth-order valence-corrected chi connectivity index (χ4v) is 4.84. The number of piperazine rings is 3. The Morgan fingerprint density at radius 3 is 2.43 bits per heavy atom. The normalized spacial score (nSPS) is 23.3. The highest BCUT2D eigenvalue weighted by atomic mass is 15.5. The van der Waals surface area contributed by atoms with E-state index in [9.17, 15) is 0 Å². The summed E-state index contributed by atoms with van der Waals surface area (Å²) in [6.45, 7) is 16.8.